The molecule has 1 heterocycles. The lowest BCUT2D eigenvalue weighted by Gasteiger charge is -2.11. The van der Waals surface area contributed by atoms with Crippen molar-refractivity contribution in [3.63, 3.8) is 0 Å². The van der Waals surface area contributed by atoms with Crippen LogP contribution in [0.15, 0.2) is 18.2 Å². The summed E-state index contributed by atoms with van der Waals surface area (Å²) in [5.74, 6) is -0.523. The Balaban J connectivity index is 2.18. The molecule has 0 saturated heterocycles. The summed E-state index contributed by atoms with van der Waals surface area (Å²) in [7, 11) is 1.32. The van der Waals surface area contributed by atoms with Gasteiger partial charge in [-0.05, 0) is 18.1 Å². The first-order valence-corrected chi connectivity index (χ1v) is 5.89. The normalized spacial score (nSPS) is 17.2. The molecule has 1 unspecified atom stereocenters. The minimum atomic E-state index is -0.481. The van der Waals surface area contributed by atoms with Crippen molar-refractivity contribution in [2.24, 2.45) is 0 Å². The lowest BCUT2D eigenvalue weighted by atomic mass is 10.0. The van der Waals surface area contributed by atoms with E-state index in [0.29, 0.717) is 0 Å². The van der Waals surface area contributed by atoms with Crippen LogP contribution < -0.4 is 10.6 Å². The second-order valence-corrected chi connectivity index (χ2v) is 4.15. The highest BCUT2D eigenvalue weighted by Gasteiger charge is 2.30. The minimum absolute atomic E-state index is 0.0182. The summed E-state index contributed by atoms with van der Waals surface area (Å²) in [6, 6.07) is 5.39. The Morgan fingerprint density at radius 3 is 2.94 bits per heavy atom. The standard InChI is InChI=1S/C13H16N2O3/c1-3-8-4-5-10-9(6-8)12(13(17)15-10)14-7-11(16)18-2/h4-6,12,14H,3,7H2,1-2H3,(H,15,17). The van der Waals surface area contributed by atoms with Crippen LogP contribution >= 0.6 is 0 Å². The van der Waals surface area contributed by atoms with Crippen molar-refractivity contribution in [2.75, 3.05) is 19.0 Å². The predicted octanol–water partition coefficient (Wildman–Crippen LogP) is 1.00. The summed E-state index contributed by atoms with van der Waals surface area (Å²) in [4.78, 5) is 22.9. The first-order chi connectivity index (χ1) is 8.65. The highest BCUT2D eigenvalue weighted by atomic mass is 16.5. The molecule has 1 aliphatic rings. The number of hydrogen-bond donors (Lipinski definition) is 2. The van der Waals surface area contributed by atoms with Crippen LogP contribution in [0.25, 0.3) is 0 Å². The van der Waals surface area contributed by atoms with Crippen LogP contribution in [-0.4, -0.2) is 25.5 Å². The van der Waals surface area contributed by atoms with Crippen LogP contribution in [-0.2, 0) is 20.7 Å². The van der Waals surface area contributed by atoms with Crippen LogP contribution in [0.5, 0.6) is 0 Å². The SMILES string of the molecule is CCc1ccc2c(c1)C(NCC(=O)OC)C(=O)N2. The van der Waals surface area contributed by atoms with E-state index < -0.39 is 6.04 Å². The van der Waals surface area contributed by atoms with Crippen LogP contribution in [0.3, 0.4) is 0 Å². The molecule has 96 valence electrons. The van der Waals surface area contributed by atoms with E-state index in [4.69, 9.17) is 0 Å². The number of amides is 1. The minimum Gasteiger partial charge on any atom is -0.468 e. The van der Waals surface area contributed by atoms with Gasteiger partial charge >= 0.3 is 5.97 Å². The largest absolute Gasteiger partial charge is 0.468 e. The van der Waals surface area contributed by atoms with Crippen molar-refractivity contribution >= 4 is 17.6 Å². The number of benzene rings is 1. The molecule has 1 aliphatic heterocycles. The van der Waals surface area contributed by atoms with E-state index in [0.717, 1.165) is 23.2 Å². The zero-order valence-electron chi connectivity index (χ0n) is 10.4. The van der Waals surface area contributed by atoms with Gasteiger partial charge in [-0.25, -0.2) is 0 Å². The third-order valence-electron chi connectivity index (χ3n) is 3.03. The molecule has 18 heavy (non-hydrogen) atoms. The Morgan fingerprint density at radius 2 is 2.28 bits per heavy atom. The van der Waals surface area contributed by atoms with E-state index in [1.54, 1.807) is 0 Å². The number of esters is 1. The van der Waals surface area contributed by atoms with Gasteiger partial charge in [0, 0.05) is 11.3 Å². The van der Waals surface area contributed by atoms with Crippen molar-refractivity contribution in [1.29, 1.82) is 0 Å². The molecule has 0 aromatic heterocycles. The monoisotopic (exact) mass is 248 g/mol. The van der Waals surface area contributed by atoms with Gasteiger partial charge in [0.15, 0.2) is 0 Å². The first kappa shape index (κ1) is 12.6. The lowest BCUT2D eigenvalue weighted by molar-refractivity contribution is -0.139. The predicted molar refractivity (Wildman–Crippen MR) is 67.2 cm³/mol. The average Bonchev–Trinajstić information content (AvgIpc) is 2.70. The van der Waals surface area contributed by atoms with E-state index in [2.05, 4.69) is 22.3 Å². The van der Waals surface area contributed by atoms with Gasteiger partial charge in [0.25, 0.3) is 0 Å². The van der Waals surface area contributed by atoms with Crippen molar-refractivity contribution in [3.8, 4) is 0 Å². The molecule has 0 spiro atoms. The molecule has 5 nitrogen and oxygen atoms in total. The number of methoxy groups -OCH3 is 1. The van der Waals surface area contributed by atoms with Crippen LogP contribution in [0.1, 0.15) is 24.1 Å². The quantitative estimate of drug-likeness (QED) is 0.780. The fourth-order valence-electron chi connectivity index (χ4n) is 1.99. The second-order valence-electron chi connectivity index (χ2n) is 4.15. The lowest BCUT2D eigenvalue weighted by Crippen LogP contribution is -2.32. The molecule has 2 rings (SSSR count). The summed E-state index contributed by atoms with van der Waals surface area (Å²) in [6.07, 6.45) is 0.908. The molecule has 0 radical (unpaired) electrons. The van der Waals surface area contributed by atoms with Crippen LogP contribution in [0, 0.1) is 0 Å². The number of aryl methyl sites for hydroxylation is 1. The molecule has 0 saturated carbocycles. The number of carbonyl (C=O) groups excluding carboxylic acids is 2. The van der Waals surface area contributed by atoms with Gasteiger partial charge in [-0.3, -0.25) is 14.9 Å². The van der Waals surface area contributed by atoms with Gasteiger partial charge in [-0.2, -0.15) is 0 Å². The summed E-state index contributed by atoms with van der Waals surface area (Å²) < 4.78 is 4.54. The number of ether oxygens (including phenoxy) is 1. The maximum atomic E-state index is 11.8. The van der Waals surface area contributed by atoms with E-state index in [9.17, 15) is 9.59 Å². The molecule has 1 amide bonds. The summed E-state index contributed by atoms with van der Waals surface area (Å²) in [6.45, 7) is 2.08. The van der Waals surface area contributed by atoms with Crippen molar-refractivity contribution in [3.05, 3.63) is 29.3 Å². The molecule has 0 bridgehead atoms. The Labute approximate surface area is 106 Å². The second kappa shape index (κ2) is 5.18. The topological polar surface area (TPSA) is 67.4 Å². The number of carbonyl (C=O) groups is 2. The Bertz CT molecular complexity index is 485. The highest BCUT2D eigenvalue weighted by Crippen LogP contribution is 2.31. The number of fused-ring (bicyclic) bond motifs is 1. The van der Waals surface area contributed by atoms with Crippen molar-refractivity contribution < 1.29 is 14.3 Å². The van der Waals surface area contributed by atoms with Gasteiger partial charge < -0.3 is 10.1 Å². The molecular weight excluding hydrogens is 232 g/mol. The van der Waals surface area contributed by atoms with E-state index in [1.807, 2.05) is 18.2 Å². The first-order valence-electron chi connectivity index (χ1n) is 5.89. The van der Waals surface area contributed by atoms with Crippen molar-refractivity contribution in [2.45, 2.75) is 19.4 Å². The fraction of sp³-hybridized carbons (Fsp3) is 0.385. The van der Waals surface area contributed by atoms with E-state index >= 15 is 0 Å². The fourth-order valence-corrected chi connectivity index (χ4v) is 1.99. The van der Waals surface area contributed by atoms with Crippen LogP contribution in [0.2, 0.25) is 0 Å². The molecule has 0 aliphatic carbocycles. The van der Waals surface area contributed by atoms with Gasteiger partial charge in [0.05, 0.1) is 13.7 Å². The number of anilines is 1. The third kappa shape index (κ3) is 2.36. The molecule has 0 fully saturated rings. The van der Waals surface area contributed by atoms with Crippen molar-refractivity contribution in [1.82, 2.24) is 5.32 Å². The zero-order valence-corrected chi connectivity index (χ0v) is 10.4. The third-order valence-corrected chi connectivity index (χ3v) is 3.03. The molecule has 1 aromatic rings. The molecule has 1 atom stereocenters. The molecular formula is C13H16N2O3. The summed E-state index contributed by atoms with van der Waals surface area (Å²) in [5.41, 5.74) is 2.86. The Kier molecular flexibility index (Phi) is 3.62. The zero-order chi connectivity index (χ0) is 13.1. The highest BCUT2D eigenvalue weighted by molar-refractivity contribution is 6.02. The van der Waals surface area contributed by atoms with Gasteiger partial charge in [-0.15, -0.1) is 0 Å². The maximum Gasteiger partial charge on any atom is 0.319 e. The molecule has 5 heteroatoms. The smallest absolute Gasteiger partial charge is 0.319 e. The summed E-state index contributed by atoms with van der Waals surface area (Å²) in [5, 5.41) is 5.69. The Morgan fingerprint density at radius 1 is 1.50 bits per heavy atom. The van der Waals surface area contributed by atoms with E-state index in [1.165, 1.54) is 7.11 Å². The molecule has 2 N–H and O–H groups in total. The number of nitrogens with one attached hydrogen (secondary N) is 2. The van der Waals surface area contributed by atoms with Gasteiger partial charge in [-0.1, -0.05) is 19.1 Å². The summed E-state index contributed by atoms with van der Waals surface area (Å²) >= 11 is 0. The number of rotatable bonds is 4. The number of hydrogen-bond acceptors (Lipinski definition) is 4. The van der Waals surface area contributed by atoms with E-state index in [-0.39, 0.29) is 18.4 Å². The molecule has 1 aromatic carbocycles. The average molecular weight is 248 g/mol. The van der Waals surface area contributed by atoms with Crippen LogP contribution in [0.4, 0.5) is 5.69 Å². The maximum absolute atomic E-state index is 11.8. The Hall–Kier alpha value is -1.88. The van der Waals surface area contributed by atoms with Gasteiger partial charge in [0.2, 0.25) is 5.91 Å². The van der Waals surface area contributed by atoms with Gasteiger partial charge in [0.1, 0.15) is 6.04 Å².